The van der Waals surface area contributed by atoms with Crippen molar-refractivity contribution in [2.45, 2.75) is 30.6 Å². The maximum atomic E-state index is 13.8. The van der Waals surface area contributed by atoms with Crippen LogP contribution in [0.25, 0.3) is 10.4 Å². The number of nitrogens with two attached hydrogens (primary N) is 1. The lowest BCUT2D eigenvalue weighted by Gasteiger charge is -2.53. The van der Waals surface area contributed by atoms with E-state index >= 15 is 0 Å². The number of hydrogen-bond donors (Lipinski definition) is 6. The van der Waals surface area contributed by atoms with Gasteiger partial charge in [0, 0.05) is 21.9 Å². The van der Waals surface area contributed by atoms with Crippen LogP contribution in [0.2, 0.25) is 0 Å². The van der Waals surface area contributed by atoms with Crippen molar-refractivity contribution < 1.29 is 39.9 Å². The molecule has 0 unspecified atom stereocenters. The number of amides is 1. The first kappa shape index (κ1) is 25.2. The number of carbonyl (C=O) groups excluding carboxylic acids is 3. The number of rotatable bonds is 3. The van der Waals surface area contributed by atoms with E-state index in [1.54, 1.807) is 31.2 Å². The van der Waals surface area contributed by atoms with Gasteiger partial charge < -0.3 is 31.3 Å². The molecule has 0 radical (unpaired) electrons. The molecule has 0 fully saturated rings. The van der Waals surface area contributed by atoms with E-state index in [1.807, 2.05) is 5.38 Å². The van der Waals surface area contributed by atoms with Crippen molar-refractivity contribution in [3.63, 3.8) is 0 Å². The van der Waals surface area contributed by atoms with Crippen molar-refractivity contribution in [2.24, 2.45) is 17.6 Å². The summed E-state index contributed by atoms with van der Waals surface area (Å²) in [6.07, 6.45) is -1.62. The third-order valence-corrected chi connectivity index (χ3v) is 8.82. The number of nitrogens with zero attached hydrogens (tertiary/aromatic N) is 1. The Labute approximate surface area is 215 Å². The molecule has 3 aliphatic carbocycles. The van der Waals surface area contributed by atoms with Crippen molar-refractivity contribution in [1.29, 1.82) is 0 Å². The second kappa shape index (κ2) is 8.25. The number of phenolic OH excluding ortho intramolecular Hbond substituents is 1. The van der Waals surface area contributed by atoms with Crippen LogP contribution in [0, 0.1) is 11.8 Å². The number of fused-ring (bicyclic) bond motifs is 3. The minimum atomic E-state index is -2.93. The summed E-state index contributed by atoms with van der Waals surface area (Å²) in [5, 5.41) is 58.5. The van der Waals surface area contributed by atoms with E-state index in [0.29, 0.717) is 16.0 Å². The summed E-state index contributed by atoms with van der Waals surface area (Å²) >= 11 is 1.35. The van der Waals surface area contributed by atoms with Crippen LogP contribution in [0.5, 0.6) is 5.75 Å². The standard InChI is InChI=1S/C26H26N2O8S/c1-9-10-6-7-11(12-5-4-8-37-12)19(29)14(10)20(30)15-13(9)21(31)17-18(28(2)3)22(32)16(25(27)35)24(34)26(17,36)23(15)33/h4-9,13,17-18,21,29,31-33,36H,1-3H3,(H2,27,35)/t9-,13+,17+,18-,21-,26-/m1/s1. The monoisotopic (exact) mass is 526 g/mol. The number of benzene rings is 1. The molecule has 194 valence electrons. The van der Waals surface area contributed by atoms with Crippen LogP contribution in [0.3, 0.4) is 0 Å². The summed E-state index contributed by atoms with van der Waals surface area (Å²) in [5.74, 6) is -8.96. The lowest BCUT2D eigenvalue weighted by molar-refractivity contribution is -0.162. The molecular formula is C26H26N2O8S. The highest BCUT2D eigenvalue weighted by Gasteiger charge is 2.67. The average molecular weight is 527 g/mol. The number of Topliss-reactive ketones (excluding diaryl/α,β-unsaturated/α-hetero) is 2. The van der Waals surface area contributed by atoms with Crippen LogP contribution in [-0.4, -0.2) is 79.7 Å². The number of likely N-dealkylation sites (N-methyl/N-ethyl adjacent to an activating group) is 1. The number of ketones is 2. The Balaban J connectivity index is 1.79. The lowest BCUT2D eigenvalue weighted by atomic mass is 9.55. The van der Waals surface area contributed by atoms with Gasteiger partial charge in [0.25, 0.3) is 5.91 Å². The third kappa shape index (κ3) is 3.11. The second-order valence-corrected chi connectivity index (χ2v) is 10.9. The first-order valence-corrected chi connectivity index (χ1v) is 12.5. The van der Waals surface area contributed by atoms with Crippen molar-refractivity contribution in [3.05, 3.63) is 63.4 Å². The van der Waals surface area contributed by atoms with Gasteiger partial charge in [0.05, 0.1) is 23.6 Å². The predicted octanol–water partition coefficient (Wildman–Crippen LogP) is 1.38. The summed E-state index contributed by atoms with van der Waals surface area (Å²) in [6, 6.07) is 5.61. The number of aliphatic hydroxyl groups is 4. The Kier molecular flexibility index (Phi) is 5.61. The predicted molar refractivity (Wildman–Crippen MR) is 133 cm³/mol. The van der Waals surface area contributed by atoms with Gasteiger partial charge in [0.2, 0.25) is 5.78 Å². The Morgan fingerprint density at radius 2 is 1.81 bits per heavy atom. The van der Waals surface area contributed by atoms with Gasteiger partial charge in [-0.3, -0.25) is 19.3 Å². The van der Waals surface area contributed by atoms with Crippen LogP contribution >= 0.6 is 11.3 Å². The highest BCUT2D eigenvalue weighted by Crippen LogP contribution is 2.56. The minimum Gasteiger partial charge on any atom is -0.510 e. The third-order valence-electron chi connectivity index (χ3n) is 7.92. The first-order valence-electron chi connectivity index (χ1n) is 11.6. The average Bonchev–Trinajstić information content (AvgIpc) is 3.35. The van der Waals surface area contributed by atoms with E-state index < -0.39 is 75.6 Å². The molecule has 0 saturated carbocycles. The summed E-state index contributed by atoms with van der Waals surface area (Å²) in [7, 11) is 2.99. The van der Waals surface area contributed by atoms with E-state index in [-0.39, 0.29) is 11.3 Å². The van der Waals surface area contributed by atoms with Crippen LogP contribution in [0.4, 0.5) is 0 Å². The SMILES string of the molecule is C[C@@H]1c2ccc(-c3cccs3)c(O)c2C(=O)C2=C(O)[C@@]3(O)C(=O)C(C(N)=O)=C(O)[C@H](N(C)C)[C@H]3[C@H](O)[C@H]21. The molecule has 11 heteroatoms. The maximum Gasteiger partial charge on any atom is 0.255 e. The summed E-state index contributed by atoms with van der Waals surface area (Å²) < 4.78 is 0. The largest absolute Gasteiger partial charge is 0.510 e. The van der Waals surface area contributed by atoms with Crippen molar-refractivity contribution in [2.75, 3.05) is 14.1 Å². The molecule has 3 aliphatic rings. The molecule has 1 aromatic heterocycles. The van der Waals surface area contributed by atoms with E-state index in [0.717, 1.165) is 0 Å². The number of phenols is 1. The summed E-state index contributed by atoms with van der Waals surface area (Å²) in [4.78, 5) is 41.4. The van der Waals surface area contributed by atoms with Crippen LogP contribution < -0.4 is 5.73 Å². The molecule has 0 saturated heterocycles. The molecule has 37 heavy (non-hydrogen) atoms. The first-order chi connectivity index (χ1) is 17.3. The molecule has 6 atom stereocenters. The highest BCUT2D eigenvalue weighted by molar-refractivity contribution is 7.13. The zero-order chi connectivity index (χ0) is 27.1. The lowest BCUT2D eigenvalue weighted by Crippen LogP contribution is -2.68. The summed E-state index contributed by atoms with van der Waals surface area (Å²) in [6.45, 7) is 1.70. The molecule has 0 aliphatic heterocycles. The van der Waals surface area contributed by atoms with E-state index in [9.17, 15) is 39.9 Å². The van der Waals surface area contributed by atoms with E-state index in [1.165, 1.54) is 30.3 Å². The highest BCUT2D eigenvalue weighted by atomic mass is 32.1. The van der Waals surface area contributed by atoms with Gasteiger partial charge in [-0.05, 0) is 43.1 Å². The van der Waals surface area contributed by atoms with Crippen LogP contribution in [0.1, 0.15) is 28.8 Å². The minimum absolute atomic E-state index is 0.105. The maximum absolute atomic E-state index is 13.8. The van der Waals surface area contributed by atoms with Crippen molar-refractivity contribution >= 4 is 28.8 Å². The summed E-state index contributed by atoms with van der Waals surface area (Å²) in [5.41, 5.74) is 1.77. The normalized spacial score (nSPS) is 31.4. The molecule has 1 aromatic carbocycles. The Morgan fingerprint density at radius 3 is 2.38 bits per heavy atom. The zero-order valence-electron chi connectivity index (χ0n) is 20.2. The molecule has 10 nitrogen and oxygen atoms in total. The van der Waals surface area contributed by atoms with Crippen molar-refractivity contribution in [3.8, 4) is 16.2 Å². The van der Waals surface area contributed by atoms with Crippen LogP contribution in [-0.2, 0) is 9.59 Å². The fraction of sp³-hybridized carbons (Fsp3) is 0.346. The van der Waals surface area contributed by atoms with Gasteiger partial charge >= 0.3 is 0 Å². The zero-order valence-corrected chi connectivity index (χ0v) is 21.0. The Bertz CT molecular complexity index is 1430. The number of primary amides is 1. The van der Waals surface area contributed by atoms with Gasteiger partial charge in [0.15, 0.2) is 11.4 Å². The van der Waals surface area contributed by atoms with Crippen molar-refractivity contribution in [1.82, 2.24) is 4.90 Å². The van der Waals surface area contributed by atoms with Gasteiger partial charge in [0.1, 0.15) is 22.8 Å². The van der Waals surface area contributed by atoms with Gasteiger partial charge in [-0.25, -0.2) is 0 Å². The number of hydrogen-bond acceptors (Lipinski definition) is 10. The van der Waals surface area contributed by atoms with Crippen LogP contribution in [0.15, 0.2) is 52.3 Å². The number of aromatic hydroxyl groups is 1. The molecule has 1 amide bonds. The molecule has 0 spiro atoms. The number of aliphatic hydroxyl groups excluding tert-OH is 3. The topological polar surface area (TPSA) is 182 Å². The molecule has 0 bridgehead atoms. The molecule has 7 N–H and O–H groups in total. The molecule has 5 rings (SSSR count). The smallest absolute Gasteiger partial charge is 0.255 e. The van der Waals surface area contributed by atoms with E-state index in [4.69, 9.17) is 5.73 Å². The number of carbonyl (C=O) groups is 3. The quantitative estimate of drug-likeness (QED) is 0.322. The second-order valence-electron chi connectivity index (χ2n) is 9.95. The molecule has 2 aromatic rings. The number of thiophene rings is 1. The Hall–Kier alpha value is -3.51. The fourth-order valence-electron chi connectivity index (χ4n) is 6.25. The van der Waals surface area contributed by atoms with E-state index in [2.05, 4.69) is 0 Å². The fourth-order valence-corrected chi connectivity index (χ4v) is 7.01. The van der Waals surface area contributed by atoms with Gasteiger partial charge in [-0.15, -0.1) is 11.3 Å². The molecular weight excluding hydrogens is 500 g/mol. The Morgan fingerprint density at radius 1 is 1.14 bits per heavy atom. The molecule has 1 heterocycles. The van der Waals surface area contributed by atoms with Gasteiger partial charge in [-0.1, -0.05) is 19.1 Å². The van der Waals surface area contributed by atoms with Gasteiger partial charge in [-0.2, -0.15) is 0 Å².